The second-order valence-electron chi connectivity index (χ2n) is 12.2. The number of furan rings is 1. The zero-order chi connectivity index (χ0) is 31.6. The standard InChI is InChI=1S/C44H27N3O/c1-2-11-30(12-3-1)44-46-38-18-7-8-19-39(38)47(44)32-14-10-13-31(27-32)28-21-23-29(24-22-28)42-36-26-25-34-33-15-5-9-20-40(33)48-43(34)41(36)35-16-4-6-17-37(35)45-42/h1-27H. The first-order valence-corrected chi connectivity index (χ1v) is 16.2. The van der Waals surface area contributed by atoms with Crippen LogP contribution in [0.5, 0.6) is 0 Å². The molecule has 0 radical (unpaired) electrons. The zero-order valence-corrected chi connectivity index (χ0v) is 25.8. The van der Waals surface area contributed by atoms with Gasteiger partial charge in [-0.3, -0.25) is 4.57 Å². The first-order valence-electron chi connectivity index (χ1n) is 16.2. The predicted octanol–water partition coefficient (Wildman–Crippen LogP) is 11.6. The molecule has 0 atom stereocenters. The smallest absolute Gasteiger partial charge is 0.145 e. The van der Waals surface area contributed by atoms with Gasteiger partial charge in [0.05, 0.1) is 22.2 Å². The molecule has 0 N–H and O–H groups in total. The van der Waals surface area contributed by atoms with Crippen molar-refractivity contribution in [2.24, 2.45) is 0 Å². The molecule has 0 saturated heterocycles. The van der Waals surface area contributed by atoms with E-state index in [1.165, 1.54) is 0 Å². The summed E-state index contributed by atoms with van der Waals surface area (Å²) in [6.07, 6.45) is 0. The molecule has 0 aliphatic carbocycles. The molecule has 48 heavy (non-hydrogen) atoms. The third kappa shape index (κ3) is 4.10. The van der Waals surface area contributed by atoms with E-state index in [2.05, 4.69) is 138 Å². The Balaban J connectivity index is 1.10. The highest BCUT2D eigenvalue weighted by Gasteiger charge is 2.18. The maximum absolute atomic E-state index is 6.51. The lowest BCUT2D eigenvalue weighted by Gasteiger charge is -2.13. The average molecular weight is 614 g/mol. The number of para-hydroxylation sites is 4. The number of nitrogens with zero attached hydrogens (tertiary/aromatic N) is 3. The Labute approximate surface area is 276 Å². The lowest BCUT2D eigenvalue weighted by atomic mass is 9.96. The zero-order valence-electron chi connectivity index (χ0n) is 25.8. The van der Waals surface area contributed by atoms with Gasteiger partial charge in [-0.1, -0.05) is 121 Å². The van der Waals surface area contributed by atoms with Gasteiger partial charge in [0.15, 0.2) is 0 Å². The first kappa shape index (κ1) is 26.7. The van der Waals surface area contributed by atoms with Crippen LogP contribution in [0.1, 0.15) is 0 Å². The van der Waals surface area contributed by atoms with Gasteiger partial charge in [0, 0.05) is 43.7 Å². The molecule has 0 aliphatic rings. The Hall–Kier alpha value is -6.52. The molecule has 4 heteroatoms. The van der Waals surface area contributed by atoms with Crippen molar-refractivity contribution in [1.29, 1.82) is 0 Å². The Morgan fingerprint density at radius 3 is 2.00 bits per heavy atom. The van der Waals surface area contributed by atoms with Gasteiger partial charge in [0.2, 0.25) is 0 Å². The van der Waals surface area contributed by atoms with Crippen LogP contribution < -0.4 is 0 Å². The molecule has 224 valence electrons. The lowest BCUT2D eigenvalue weighted by Crippen LogP contribution is -1.98. The van der Waals surface area contributed by atoms with E-state index in [4.69, 9.17) is 14.4 Å². The fraction of sp³-hybridized carbons (Fsp3) is 0. The molecule has 0 aliphatic heterocycles. The molecular weight excluding hydrogens is 587 g/mol. The van der Waals surface area contributed by atoms with Crippen molar-refractivity contribution in [2.75, 3.05) is 0 Å². The quantitative estimate of drug-likeness (QED) is 0.186. The highest BCUT2D eigenvalue weighted by molar-refractivity contribution is 6.24. The molecule has 0 bridgehead atoms. The molecule has 0 unspecified atom stereocenters. The Morgan fingerprint density at radius 1 is 0.438 bits per heavy atom. The molecule has 0 amide bonds. The number of hydrogen-bond donors (Lipinski definition) is 0. The second kappa shape index (κ2) is 10.5. The number of imidazole rings is 1. The summed E-state index contributed by atoms with van der Waals surface area (Å²) in [5, 5.41) is 5.52. The van der Waals surface area contributed by atoms with E-state index in [-0.39, 0.29) is 0 Å². The van der Waals surface area contributed by atoms with Gasteiger partial charge in [-0.05, 0) is 53.6 Å². The van der Waals surface area contributed by atoms with E-state index in [1.54, 1.807) is 0 Å². The van der Waals surface area contributed by atoms with Crippen molar-refractivity contribution < 1.29 is 4.42 Å². The number of fused-ring (bicyclic) bond motifs is 8. The molecule has 10 rings (SSSR count). The summed E-state index contributed by atoms with van der Waals surface area (Å²) in [5.41, 5.74) is 11.2. The minimum atomic E-state index is 0.897. The van der Waals surface area contributed by atoms with Crippen LogP contribution in [-0.4, -0.2) is 14.5 Å². The Kier molecular flexibility index (Phi) is 5.84. The molecule has 4 nitrogen and oxygen atoms in total. The normalized spacial score (nSPS) is 11.8. The van der Waals surface area contributed by atoms with E-state index in [0.717, 1.165) is 94.1 Å². The van der Waals surface area contributed by atoms with Crippen molar-refractivity contribution in [3.63, 3.8) is 0 Å². The summed E-state index contributed by atoms with van der Waals surface area (Å²) in [6, 6.07) is 57.1. The van der Waals surface area contributed by atoms with Crippen LogP contribution >= 0.6 is 0 Å². The number of pyridine rings is 1. The summed E-state index contributed by atoms with van der Waals surface area (Å²) in [5.74, 6) is 0.928. The highest BCUT2D eigenvalue weighted by atomic mass is 16.3. The van der Waals surface area contributed by atoms with Crippen molar-refractivity contribution >= 4 is 54.6 Å². The maximum atomic E-state index is 6.51. The van der Waals surface area contributed by atoms with Gasteiger partial charge in [-0.15, -0.1) is 0 Å². The van der Waals surface area contributed by atoms with Crippen LogP contribution in [-0.2, 0) is 0 Å². The van der Waals surface area contributed by atoms with E-state index in [9.17, 15) is 0 Å². The minimum absolute atomic E-state index is 0.897. The molecule has 3 heterocycles. The molecule has 0 spiro atoms. The van der Waals surface area contributed by atoms with Gasteiger partial charge < -0.3 is 4.42 Å². The topological polar surface area (TPSA) is 43.9 Å². The maximum Gasteiger partial charge on any atom is 0.145 e. The van der Waals surface area contributed by atoms with Gasteiger partial charge in [0.25, 0.3) is 0 Å². The number of aromatic nitrogens is 3. The number of benzene rings is 7. The van der Waals surface area contributed by atoms with Gasteiger partial charge in [-0.25, -0.2) is 9.97 Å². The highest BCUT2D eigenvalue weighted by Crippen LogP contribution is 2.41. The van der Waals surface area contributed by atoms with Crippen LogP contribution in [0.4, 0.5) is 0 Å². The van der Waals surface area contributed by atoms with Gasteiger partial charge in [0.1, 0.15) is 17.0 Å². The number of hydrogen-bond acceptors (Lipinski definition) is 3. The minimum Gasteiger partial charge on any atom is -0.455 e. The predicted molar refractivity (Wildman–Crippen MR) is 197 cm³/mol. The van der Waals surface area contributed by atoms with Crippen LogP contribution in [0.15, 0.2) is 168 Å². The average Bonchev–Trinajstić information content (AvgIpc) is 3.74. The Bertz CT molecular complexity index is 2830. The molecule has 10 aromatic rings. The van der Waals surface area contributed by atoms with E-state index in [0.29, 0.717) is 0 Å². The lowest BCUT2D eigenvalue weighted by molar-refractivity contribution is 0.673. The molecule has 0 fully saturated rings. The largest absolute Gasteiger partial charge is 0.455 e. The molecule has 0 saturated carbocycles. The van der Waals surface area contributed by atoms with Crippen molar-refractivity contribution in [1.82, 2.24) is 14.5 Å². The number of rotatable bonds is 4. The summed E-state index contributed by atoms with van der Waals surface area (Å²) >= 11 is 0. The van der Waals surface area contributed by atoms with Crippen LogP contribution in [0.3, 0.4) is 0 Å². The van der Waals surface area contributed by atoms with E-state index >= 15 is 0 Å². The SMILES string of the molecule is c1ccc(-c2nc3ccccc3n2-c2cccc(-c3ccc(-c4nc5ccccc5c5c4ccc4c6ccccc6oc45)cc3)c2)cc1. The fourth-order valence-corrected chi connectivity index (χ4v) is 7.15. The van der Waals surface area contributed by atoms with Gasteiger partial charge in [-0.2, -0.15) is 0 Å². The van der Waals surface area contributed by atoms with Crippen molar-refractivity contribution in [2.45, 2.75) is 0 Å². The molecule has 7 aromatic carbocycles. The van der Waals surface area contributed by atoms with Crippen LogP contribution in [0.2, 0.25) is 0 Å². The first-order chi connectivity index (χ1) is 23.8. The summed E-state index contributed by atoms with van der Waals surface area (Å²) in [7, 11) is 0. The molecular formula is C44H27N3O. The third-order valence-electron chi connectivity index (χ3n) is 9.40. The monoisotopic (exact) mass is 613 g/mol. The van der Waals surface area contributed by atoms with Crippen LogP contribution in [0, 0.1) is 0 Å². The van der Waals surface area contributed by atoms with Gasteiger partial charge >= 0.3 is 0 Å². The van der Waals surface area contributed by atoms with E-state index < -0.39 is 0 Å². The fourth-order valence-electron chi connectivity index (χ4n) is 7.15. The summed E-state index contributed by atoms with van der Waals surface area (Å²) in [6.45, 7) is 0. The molecule has 3 aromatic heterocycles. The summed E-state index contributed by atoms with van der Waals surface area (Å²) < 4.78 is 8.77. The van der Waals surface area contributed by atoms with Crippen molar-refractivity contribution in [3.05, 3.63) is 164 Å². The Morgan fingerprint density at radius 2 is 1.12 bits per heavy atom. The second-order valence-corrected chi connectivity index (χ2v) is 12.2. The third-order valence-corrected chi connectivity index (χ3v) is 9.40. The summed E-state index contributed by atoms with van der Waals surface area (Å²) in [4.78, 5) is 10.2. The van der Waals surface area contributed by atoms with E-state index in [1.807, 2.05) is 30.3 Å². The van der Waals surface area contributed by atoms with Crippen molar-refractivity contribution in [3.8, 4) is 39.5 Å². The van der Waals surface area contributed by atoms with Crippen LogP contribution in [0.25, 0.3) is 94.1 Å².